The van der Waals surface area contributed by atoms with E-state index in [-0.39, 0.29) is 16.3 Å². The van der Waals surface area contributed by atoms with Gasteiger partial charge in [-0.2, -0.15) is 5.10 Å². The van der Waals surface area contributed by atoms with Crippen LogP contribution in [0.15, 0.2) is 77.7 Å². The number of halogens is 1. The van der Waals surface area contributed by atoms with Crippen molar-refractivity contribution in [2.45, 2.75) is 11.8 Å². The monoisotopic (exact) mass is 493 g/mol. The van der Waals surface area contributed by atoms with Crippen molar-refractivity contribution in [3.63, 3.8) is 0 Å². The number of hydrogen-bond donors (Lipinski definition) is 3. The number of nitrogens with zero attached hydrogens (tertiary/aromatic N) is 2. The Morgan fingerprint density at radius 3 is 2.40 bits per heavy atom. The molecule has 0 bridgehead atoms. The van der Waals surface area contributed by atoms with E-state index in [0.29, 0.717) is 34.6 Å². The first kappa shape index (κ1) is 23.8. The van der Waals surface area contributed by atoms with Crippen molar-refractivity contribution < 1.29 is 22.4 Å². The van der Waals surface area contributed by atoms with Gasteiger partial charge >= 0.3 is 0 Å². The Morgan fingerprint density at radius 1 is 1.00 bits per heavy atom. The van der Waals surface area contributed by atoms with Gasteiger partial charge in [-0.3, -0.25) is 9.59 Å². The second-order valence-corrected chi connectivity index (χ2v) is 9.08. The summed E-state index contributed by atoms with van der Waals surface area (Å²) >= 11 is 0. The maximum absolute atomic E-state index is 14.0. The van der Waals surface area contributed by atoms with E-state index in [1.807, 2.05) is 0 Å². The van der Waals surface area contributed by atoms with Crippen LogP contribution < -0.4 is 15.8 Å². The number of primary sulfonamides is 1. The first-order valence-electron chi connectivity index (χ1n) is 10.3. The number of sulfonamides is 1. The van der Waals surface area contributed by atoms with Crippen molar-refractivity contribution in [2.75, 3.05) is 10.6 Å². The maximum Gasteiger partial charge on any atom is 0.274 e. The molecule has 178 valence electrons. The Labute approximate surface area is 200 Å². The molecule has 4 aromatic rings. The number of carbonyl (C=O) groups is 2. The minimum Gasteiger partial charge on any atom is -0.326 e. The van der Waals surface area contributed by atoms with E-state index >= 15 is 0 Å². The van der Waals surface area contributed by atoms with Crippen LogP contribution in [0.2, 0.25) is 0 Å². The number of anilines is 2. The average Bonchev–Trinajstić information content (AvgIpc) is 3.22. The number of aryl methyl sites for hydroxylation is 1. The molecule has 0 fully saturated rings. The van der Waals surface area contributed by atoms with Crippen molar-refractivity contribution in [3.05, 3.63) is 90.0 Å². The van der Waals surface area contributed by atoms with E-state index < -0.39 is 21.7 Å². The quantitative estimate of drug-likeness (QED) is 0.339. The van der Waals surface area contributed by atoms with Gasteiger partial charge in [0.05, 0.1) is 22.0 Å². The summed E-state index contributed by atoms with van der Waals surface area (Å²) in [5, 5.41) is 14.8. The fourth-order valence-electron chi connectivity index (χ4n) is 3.63. The average molecular weight is 494 g/mol. The lowest BCUT2D eigenvalue weighted by atomic mass is 10.0. The second-order valence-electron chi connectivity index (χ2n) is 7.55. The maximum atomic E-state index is 14.0. The zero-order valence-electron chi connectivity index (χ0n) is 18.4. The van der Waals surface area contributed by atoms with Crippen LogP contribution in [0.3, 0.4) is 0 Å². The molecule has 0 radical (unpaired) electrons. The Morgan fingerprint density at radius 2 is 1.69 bits per heavy atom. The fraction of sp³-hybridized carbons (Fsp3) is 0.0417. The van der Waals surface area contributed by atoms with Crippen LogP contribution in [0, 0.1) is 12.7 Å². The summed E-state index contributed by atoms with van der Waals surface area (Å²) < 4.78 is 39.5. The highest BCUT2D eigenvalue weighted by Gasteiger charge is 2.20. The molecule has 0 aliphatic heterocycles. The molecule has 4 N–H and O–H groups in total. The smallest absolute Gasteiger partial charge is 0.274 e. The summed E-state index contributed by atoms with van der Waals surface area (Å²) in [6.07, 6.45) is 0.348. The van der Waals surface area contributed by atoms with Crippen LogP contribution in [0.4, 0.5) is 15.8 Å². The Hall–Kier alpha value is -4.35. The van der Waals surface area contributed by atoms with Gasteiger partial charge in [-0.25, -0.2) is 22.6 Å². The molecule has 11 heteroatoms. The highest BCUT2D eigenvalue weighted by molar-refractivity contribution is 7.89. The number of carbonyl (C=O) groups excluding carboxylic acids is 2. The van der Waals surface area contributed by atoms with Crippen LogP contribution in [0.1, 0.15) is 16.2 Å². The van der Waals surface area contributed by atoms with Crippen LogP contribution >= 0.6 is 0 Å². The molecule has 0 aliphatic rings. The number of rotatable bonds is 7. The minimum atomic E-state index is -4.02. The normalized spacial score (nSPS) is 11.2. The molecule has 1 aromatic heterocycles. The molecule has 1 heterocycles. The summed E-state index contributed by atoms with van der Waals surface area (Å²) in [5.41, 5.74) is 2.08. The molecule has 4 rings (SSSR count). The number of para-hydroxylation sites is 1. The van der Waals surface area contributed by atoms with E-state index in [2.05, 4.69) is 15.7 Å². The summed E-state index contributed by atoms with van der Waals surface area (Å²) in [7, 11) is -4.02. The zero-order chi connectivity index (χ0) is 25.2. The van der Waals surface area contributed by atoms with Crippen molar-refractivity contribution in [2.24, 2.45) is 5.14 Å². The third-order valence-electron chi connectivity index (χ3n) is 5.13. The standard InChI is InChI=1S/C24H20FN5O4S/c1-15-12-22(30(29-15)16-10-11-19(25)21(13-16)27-14-31)24(32)28-20-8-4-2-6-17(20)18-7-3-5-9-23(18)35(26,33)34/h2-14H,1H3,(H,27,31)(H,28,32)(H2,26,33,34). The van der Waals surface area contributed by atoms with Crippen LogP contribution in [0.25, 0.3) is 16.8 Å². The Balaban J connectivity index is 1.75. The summed E-state index contributed by atoms with van der Waals surface area (Å²) in [6, 6.07) is 18.4. The number of benzene rings is 3. The predicted molar refractivity (Wildman–Crippen MR) is 129 cm³/mol. The van der Waals surface area contributed by atoms with Gasteiger partial charge in [0.2, 0.25) is 16.4 Å². The molecule has 35 heavy (non-hydrogen) atoms. The molecule has 0 spiro atoms. The van der Waals surface area contributed by atoms with Gasteiger partial charge in [0.1, 0.15) is 11.5 Å². The molecule has 0 unspecified atom stereocenters. The first-order chi connectivity index (χ1) is 16.7. The summed E-state index contributed by atoms with van der Waals surface area (Å²) in [5.74, 6) is -1.18. The SMILES string of the molecule is Cc1cc(C(=O)Nc2ccccc2-c2ccccc2S(N)(=O)=O)n(-c2ccc(F)c(NC=O)c2)n1. The topological polar surface area (TPSA) is 136 Å². The van der Waals surface area contributed by atoms with Gasteiger partial charge in [0.25, 0.3) is 5.91 Å². The largest absolute Gasteiger partial charge is 0.326 e. The van der Waals surface area contributed by atoms with Crippen LogP contribution in [0.5, 0.6) is 0 Å². The van der Waals surface area contributed by atoms with Crippen molar-refractivity contribution in [3.8, 4) is 16.8 Å². The Bertz CT molecular complexity index is 1550. The highest BCUT2D eigenvalue weighted by Crippen LogP contribution is 2.33. The van der Waals surface area contributed by atoms with Crippen molar-refractivity contribution in [1.82, 2.24) is 9.78 Å². The van der Waals surface area contributed by atoms with Gasteiger partial charge in [-0.05, 0) is 43.3 Å². The van der Waals surface area contributed by atoms with Crippen molar-refractivity contribution in [1.29, 1.82) is 0 Å². The molecule has 3 aromatic carbocycles. The van der Waals surface area contributed by atoms with Gasteiger partial charge in [0.15, 0.2) is 0 Å². The molecule has 0 atom stereocenters. The van der Waals surface area contributed by atoms with Gasteiger partial charge in [0, 0.05) is 16.8 Å². The number of amides is 2. The van der Waals surface area contributed by atoms with E-state index in [4.69, 9.17) is 5.14 Å². The fourth-order valence-corrected chi connectivity index (χ4v) is 4.38. The van der Waals surface area contributed by atoms with E-state index in [0.717, 1.165) is 6.07 Å². The summed E-state index contributed by atoms with van der Waals surface area (Å²) in [4.78, 5) is 24.0. The molecule has 9 nitrogen and oxygen atoms in total. The van der Waals surface area contributed by atoms with E-state index in [9.17, 15) is 22.4 Å². The molecular formula is C24H20FN5O4S. The van der Waals surface area contributed by atoms with Crippen molar-refractivity contribution >= 4 is 33.7 Å². The molecule has 0 aliphatic carbocycles. The van der Waals surface area contributed by atoms with Gasteiger partial charge in [-0.1, -0.05) is 36.4 Å². The Kier molecular flexibility index (Phi) is 6.45. The van der Waals surface area contributed by atoms with E-state index in [1.165, 1.54) is 22.9 Å². The number of nitrogens with two attached hydrogens (primary N) is 1. The minimum absolute atomic E-state index is 0.0676. The van der Waals surface area contributed by atoms with Crippen LogP contribution in [-0.4, -0.2) is 30.5 Å². The molecule has 2 amide bonds. The third kappa shape index (κ3) is 4.95. The van der Waals surface area contributed by atoms with E-state index in [1.54, 1.807) is 55.5 Å². The lowest BCUT2D eigenvalue weighted by molar-refractivity contribution is -0.105. The number of nitrogens with one attached hydrogen (secondary N) is 2. The van der Waals surface area contributed by atoms with Crippen LogP contribution in [-0.2, 0) is 14.8 Å². The highest BCUT2D eigenvalue weighted by atomic mass is 32.2. The van der Waals surface area contributed by atoms with Gasteiger partial charge in [-0.15, -0.1) is 0 Å². The molecule has 0 saturated carbocycles. The second kappa shape index (κ2) is 9.49. The lowest BCUT2D eigenvalue weighted by Gasteiger charge is -2.14. The van der Waals surface area contributed by atoms with Gasteiger partial charge < -0.3 is 10.6 Å². The molecule has 0 saturated heterocycles. The third-order valence-corrected chi connectivity index (χ3v) is 6.10. The summed E-state index contributed by atoms with van der Waals surface area (Å²) in [6.45, 7) is 1.69. The molecular weight excluding hydrogens is 473 g/mol. The first-order valence-corrected chi connectivity index (χ1v) is 11.8. The lowest BCUT2D eigenvalue weighted by Crippen LogP contribution is -2.18. The predicted octanol–water partition coefficient (Wildman–Crippen LogP) is 3.45. The zero-order valence-corrected chi connectivity index (χ0v) is 19.2. The number of hydrogen-bond acceptors (Lipinski definition) is 5. The number of aromatic nitrogens is 2.